The molecule has 0 aliphatic carbocycles. The molecule has 42 valence electrons. The van der Waals surface area contributed by atoms with Crippen molar-refractivity contribution in [3.63, 3.8) is 0 Å². The average molecular weight is 139 g/mol. The van der Waals surface area contributed by atoms with Crippen LogP contribution in [-0.2, 0) is 0 Å². The van der Waals surface area contributed by atoms with E-state index < -0.39 is 10.3 Å². The summed E-state index contributed by atoms with van der Waals surface area (Å²) in [7, 11) is 0.928. The highest BCUT2D eigenvalue weighted by Crippen LogP contribution is 2.13. The molecule has 3 nitrogen and oxygen atoms in total. The second kappa shape index (κ2) is 3.15. The Kier molecular flexibility index (Phi) is 3.19. The average Bonchev–Trinajstić information content (AvgIpc) is 1.65. The zero-order chi connectivity index (χ0) is 5.86. The van der Waals surface area contributed by atoms with Gasteiger partial charge in [0, 0.05) is 11.8 Å². The van der Waals surface area contributed by atoms with Crippen molar-refractivity contribution in [2.75, 3.05) is 0 Å². The van der Waals surface area contributed by atoms with Crippen LogP contribution >= 0.6 is 22.5 Å². The van der Waals surface area contributed by atoms with Gasteiger partial charge in [-0.25, -0.2) is 0 Å². The highest BCUT2D eigenvalue weighted by molar-refractivity contribution is 8.68. The fourth-order valence-corrected chi connectivity index (χ4v) is 0.346. The topological polar surface area (TPSA) is 43.1 Å². The molecular weight excluding hydrogens is 134 g/mol. The summed E-state index contributed by atoms with van der Waals surface area (Å²) < 4.78 is 0. The quantitative estimate of drug-likeness (QED) is 0.205. The van der Waals surface area contributed by atoms with Gasteiger partial charge in [-0.15, -0.1) is 11.7 Å². The van der Waals surface area contributed by atoms with Crippen LogP contribution in [0.15, 0.2) is 0 Å². The molecule has 0 saturated heterocycles. The van der Waals surface area contributed by atoms with Crippen molar-refractivity contribution in [1.29, 1.82) is 0 Å². The number of hydrogen-bond donors (Lipinski definition) is 1. The molecule has 0 fully saturated rings. The highest BCUT2D eigenvalue weighted by Gasteiger charge is 2.08. The van der Waals surface area contributed by atoms with Crippen LogP contribution in [-0.4, -0.2) is 10.3 Å². The first kappa shape index (κ1) is 7.10. The Balaban J connectivity index is 3.34. The Morgan fingerprint density at radius 2 is 2.43 bits per heavy atom. The van der Waals surface area contributed by atoms with Crippen molar-refractivity contribution >= 4 is 22.5 Å². The van der Waals surface area contributed by atoms with E-state index in [1.54, 1.807) is 0 Å². The third-order valence-electron chi connectivity index (χ3n) is 0.449. The maximum Gasteiger partial charge on any atom is 0.264 e. The SMILES string of the molecule is CC(SS)[N+](=O)[O-]. The standard InChI is InChI=1S/C2H5NO2S2/c1-2(7-6)3(4)5/h2,6H,1H3. The predicted octanol–water partition coefficient (Wildman–Crippen LogP) is 1.19. The van der Waals surface area contributed by atoms with E-state index in [9.17, 15) is 10.1 Å². The van der Waals surface area contributed by atoms with Gasteiger partial charge in [-0.1, -0.05) is 0 Å². The molecule has 0 aromatic heterocycles. The minimum absolute atomic E-state index is 0.391. The van der Waals surface area contributed by atoms with Gasteiger partial charge in [0.15, 0.2) is 0 Å². The van der Waals surface area contributed by atoms with Crippen LogP contribution in [0.2, 0.25) is 0 Å². The van der Waals surface area contributed by atoms with Crippen LogP contribution < -0.4 is 0 Å². The Labute approximate surface area is 50.4 Å². The van der Waals surface area contributed by atoms with Crippen LogP contribution in [0.4, 0.5) is 0 Å². The first-order valence-electron chi connectivity index (χ1n) is 1.62. The van der Waals surface area contributed by atoms with Gasteiger partial charge in [0.2, 0.25) is 0 Å². The van der Waals surface area contributed by atoms with E-state index >= 15 is 0 Å². The molecule has 0 amide bonds. The molecule has 5 heteroatoms. The predicted molar refractivity (Wildman–Crippen MR) is 33.0 cm³/mol. The van der Waals surface area contributed by atoms with Crippen LogP contribution in [0.1, 0.15) is 6.92 Å². The van der Waals surface area contributed by atoms with Crippen LogP contribution in [0.5, 0.6) is 0 Å². The van der Waals surface area contributed by atoms with Gasteiger partial charge >= 0.3 is 0 Å². The van der Waals surface area contributed by atoms with Crippen molar-refractivity contribution in [3.05, 3.63) is 10.1 Å². The van der Waals surface area contributed by atoms with Gasteiger partial charge in [0.25, 0.3) is 5.37 Å². The number of thiol groups is 1. The second-order valence-corrected chi connectivity index (χ2v) is 2.52. The fourth-order valence-electron chi connectivity index (χ4n) is 0.0385. The molecule has 0 N–H and O–H groups in total. The molecule has 0 saturated carbocycles. The molecule has 0 aromatic rings. The van der Waals surface area contributed by atoms with E-state index in [2.05, 4.69) is 11.7 Å². The molecular formula is C2H5NO2S2. The van der Waals surface area contributed by atoms with Gasteiger partial charge < -0.3 is 0 Å². The summed E-state index contributed by atoms with van der Waals surface area (Å²) in [4.78, 5) is 9.27. The molecule has 0 spiro atoms. The van der Waals surface area contributed by atoms with Gasteiger partial charge in [0.1, 0.15) is 0 Å². The molecule has 1 unspecified atom stereocenters. The summed E-state index contributed by atoms with van der Waals surface area (Å²) in [6.07, 6.45) is 0. The fraction of sp³-hybridized carbons (Fsp3) is 1.00. The van der Waals surface area contributed by atoms with Crippen molar-refractivity contribution in [3.8, 4) is 0 Å². The molecule has 0 heterocycles. The lowest BCUT2D eigenvalue weighted by molar-refractivity contribution is -0.490. The van der Waals surface area contributed by atoms with Crippen LogP contribution in [0.25, 0.3) is 0 Å². The first-order valence-corrected chi connectivity index (χ1v) is 3.55. The number of hydrogen-bond acceptors (Lipinski definition) is 4. The zero-order valence-electron chi connectivity index (χ0n) is 3.70. The van der Waals surface area contributed by atoms with E-state index in [0.717, 1.165) is 10.8 Å². The Hall–Kier alpha value is 0.1000. The van der Waals surface area contributed by atoms with E-state index in [-0.39, 0.29) is 0 Å². The molecule has 0 rings (SSSR count). The maximum absolute atomic E-state index is 9.67. The Morgan fingerprint density at radius 3 is 2.43 bits per heavy atom. The number of rotatable bonds is 2. The van der Waals surface area contributed by atoms with E-state index in [0.29, 0.717) is 0 Å². The largest absolute Gasteiger partial charge is 0.264 e. The van der Waals surface area contributed by atoms with E-state index in [4.69, 9.17) is 0 Å². The minimum atomic E-state index is -0.594. The lowest BCUT2D eigenvalue weighted by Gasteiger charge is -1.93. The Bertz CT molecular complexity index is 76.1. The van der Waals surface area contributed by atoms with Crippen molar-refractivity contribution < 1.29 is 4.92 Å². The molecule has 0 aliphatic rings. The molecule has 7 heavy (non-hydrogen) atoms. The lowest BCUT2D eigenvalue weighted by atomic mass is 10.8. The number of nitro groups is 1. The smallest absolute Gasteiger partial charge is 0.263 e. The van der Waals surface area contributed by atoms with Crippen molar-refractivity contribution in [1.82, 2.24) is 0 Å². The highest BCUT2D eigenvalue weighted by atomic mass is 33.1. The van der Waals surface area contributed by atoms with Crippen LogP contribution in [0.3, 0.4) is 0 Å². The summed E-state index contributed by atoms with van der Waals surface area (Å²) in [5, 5.41) is 9.07. The monoisotopic (exact) mass is 139 g/mol. The zero-order valence-corrected chi connectivity index (χ0v) is 5.41. The van der Waals surface area contributed by atoms with Crippen molar-refractivity contribution in [2.24, 2.45) is 0 Å². The third kappa shape index (κ3) is 2.76. The molecule has 0 bridgehead atoms. The molecule has 0 radical (unpaired) electrons. The summed E-state index contributed by atoms with van der Waals surface area (Å²) in [6.45, 7) is 1.48. The summed E-state index contributed by atoms with van der Waals surface area (Å²) >= 11 is 3.63. The van der Waals surface area contributed by atoms with Crippen LogP contribution in [0, 0.1) is 10.1 Å². The molecule has 0 aliphatic heterocycles. The lowest BCUT2D eigenvalue weighted by Crippen LogP contribution is -2.07. The summed E-state index contributed by atoms with van der Waals surface area (Å²) in [5.41, 5.74) is 0. The third-order valence-corrected chi connectivity index (χ3v) is 1.84. The van der Waals surface area contributed by atoms with Gasteiger partial charge in [0.05, 0.1) is 0 Å². The van der Waals surface area contributed by atoms with Crippen molar-refractivity contribution in [2.45, 2.75) is 12.3 Å². The maximum atomic E-state index is 9.67. The minimum Gasteiger partial charge on any atom is -0.263 e. The van der Waals surface area contributed by atoms with E-state index in [1.165, 1.54) is 6.92 Å². The summed E-state index contributed by atoms with van der Waals surface area (Å²) in [6, 6.07) is 0. The normalized spacial score (nSPS) is 13.4. The van der Waals surface area contributed by atoms with E-state index in [1.807, 2.05) is 0 Å². The Morgan fingerprint density at radius 1 is 2.00 bits per heavy atom. The molecule has 0 aromatic carbocycles. The molecule has 1 atom stereocenters. The van der Waals surface area contributed by atoms with Gasteiger partial charge in [-0.2, -0.15) is 0 Å². The number of nitrogens with zero attached hydrogens (tertiary/aromatic N) is 1. The van der Waals surface area contributed by atoms with Gasteiger partial charge in [-0.05, 0) is 10.8 Å². The summed E-state index contributed by atoms with van der Waals surface area (Å²) in [5.74, 6) is 0. The second-order valence-electron chi connectivity index (χ2n) is 0.990. The first-order chi connectivity index (χ1) is 3.18. The van der Waals surface area contributed by atoms with Gasteiger partial charge in [-0.3, -0.25) is 10.1 Å².